The smallest absolute Gasteiger partial charge is 0.245 e. The Balaban J connectivity index is 2.24. The lowest BCUT2D eigenvalue weighted by Crippen LogP contribution is -2.62. The summed E-state index contributed by atoms with van der Waals surface area (Å²) in [6, 6.07) is 4.02. The van der Waals surface area contributed by atoms with Gasteiger partial charge in [-0.1, -0.05) is 13.0 Å². The van der Waals surface area contributed by atoms with Gasteiger partial charge in [-0.3, -0.25) is 4.79 Å². The van der Waals surface area contributed by atoms with Crippen LogP contribution in [0.25, 0.3) is 0 Å². The molecule has 0 radical (unpaired) electrons. The Hall–Kier alpha value is -1.62. The Morgan fingerprint density at radius 3 is 3.05 bits per heavy atom. The van der Waals surface area contributed by atoms with E-state index in [1.54, 1.807) is 6.20 Å². The number of hydrogen-bond acceptors (Lipinski definition) is 4. The molecule has 1 aliphatic heterocycles. The summed E-state index contributed by atoms with van der Waals surface area (Å²) in [6.45, 7) is 9.26. The zero-order valence-corrected chi connectivity index (χ0v) is 12.6. The molecule has 5 nitrogen and oxygen atoms in total. The molecule has 0 aliphatic carbocycles. The van der Waals surface area contributed by atoms with E-state index in [-0.39, 0.29) is 5.91 Å². The monoisotopic (exact) mass is 276 g/mol. The Morgan fingerprint density at radius 2 is 2.30 bits per heavy atom. The van der Waals surface area contributed by atoms with Crippen molar-refractivity contribution < 1.29 is 4.79 Å². The predicted octanol–water partition coefficient (Wildman–Crippen LogP) is 1.30. The van der Waals surface area contributed by atoms with Gasteiger partial charge in [0.25, 0.3) is 0 Å². The number of carbonyl (C=O) groups is 1. The lowest BCUT2D eigenvalue weighted by Gasteiger charge is -2.42. The van der Waals surface area contributed by atoms with Gasteiger partial charge in [0.2, 0.25) is 5.91 Å². The summed E-state index contributed by atoms with van der Waals surface area (Å²) in [7, 11) is 0. The first-order valence-electron chi connectivity index (χ1n) is 7.28. The van der Waals surface area contributed by atoms with Crippen molar-refractivity contribution in [1.29, 1.82) is 0 Å². The third kappa shape index (κ3) is 2.93. The summed E-state index contributed by atoms with van der Waals surface area (Å²) >= 11 is 0. The highest BCUT2D eigenvalue weighted by atomic mass is 16.2. The minimum atomic E-state index is -0.563. The summed E-state index contributed by atoms with van der Waals surface area (Å²) in [5.41, 5.74) is 0.579. The van der Waals surface area contributed by atoms with Gasteiger partial charge in [-0.05, 0) is 32.9 Å². The standard InChI is InChI=1S/C15H24N4O/c1-4-7-16-11-12-6-5-8-17-13(12)19-10-9-18-14(20)15(19,2)3/h5-6,8,16H,4,7,9-11H2,1-3H3,(H,18,20). The maximum atomic E-state index is 12.1. The largest absolute Gasteiger partial charge is 0.352 e. The van der Waals surface area contributed by atoms with E-state index in [4.69, 9.17) is 0 Å². The predicted molar refractivity (Wildman–Crippen MR) is 80.7 cm³/mol. The summed E-state index contributed by atoms with van der Waals surface area (Å²) in [4.78, 5) is 18.7. The Morgan fingerprint density at radius 1 is 1.50 bits per heavy atom. The van der Waals surface area contributed by atoms with E-state index in [2.05, 4.69) is 33.5 Å². The highest BCUT2D eigenvalue weighted by molar-refractivity contribution is 5.90. The van der Waals surface area contributed by atoms with Crippen molar-refractivity contribution in [2.24, 2.45) is 0 Å². The molecule has 2 N–H and O–H groups in total. The number of hydrogen-bond donors (Lipinski definition) is 2. The molecule has 0 saturated carbocycles. The second kappa shape index (κ2) is 6.22. The number of piperazine rings is 1. The fraction of sp³-hybridized carbons (Fsp3) is 0.600. The van der Waals surface area contributed by atoms with E-state index in [9.17, 15) is 4.79 Å². The van der Waals surface area contributed by atoms with E-state index in [0.717, 1.165) is 37.4 Å². The van der Waals surface area contributed by atoms with Crippen molar-refractivity contribution in [2.45, 2.75) is 39.3 Å². The zero-order chi connectivity index (χ0) is 14.6. The van der Waals surface area contributed by atoms with E-state index in [0.29, 0.717) is 6.54 Å². The quantitative estimate of drug-likeness (QED) is 0.796. The minimum Gasteiger partial charge on any atom is -0.352 e. The van der Waals surface area contributed by atoms with Gasteiger partial charge in [-0.25, -0.2) is 4.98 Å². The van der Waals surface area contributed by atoms with Crippen molar-refractivity contribution in [2.75, 3.05) is 24.5 Å². The highest BCUT2D eigenvalue weighted by Crippen LogP contribution is 2.27. The highest BCUT2D eigenvalue weighted by Gasteiger charge is 2.39. The molecule has 2 heterocycles. The molecule has 0 spiro atoms. The van der Waals surface area contributed by atoms with E-state index in [1.807, 2.05) is 19.9 Å². The molecule has 1 saturated heterocycles. The van der Waals surface area contributed by atoms with Gasteiger partial charge in [-0.2, -0.15) is 0 Å². The topological polar surface area (TPSA) is 57.3 Å². The Labute approximate surface area is 120 Å². The average Bonchev–Trinajstić information content (AvgIpc) is 2.43. The SMILES string of the molecule is CCCNCc1cccnc1N1CCNC(=O)C1(C)C. The summed E-state index contributed by atoms with van der Waals surface area (Å²) in [5, 5.41) is 6.32. The first kappa shape index (κ1) is 14.8. The van der Waals surface area contributed by atoms with Crippen LogP contribution in [0.5, 0.6) is 0 Å². The van der Waals surface area contributed by atoms with Gasteiger partial charge in [0.1, 0.15) is 11.4 Å². The molecular weight excluding hydrogens is 252 g/mol. The molecule has 1 amide bonds. The van der Waals surface area contributed by atoms with Crippen LogP contribution in [0.4, 0.5) is 5.82 Å². The molecule has 5 heteroatoms. The van der Waals surface area contributed by atoms with Crippen molar-refractivity contribution >= 4 is 11.7 Å². The minimum absolute atomic E-state index is 0.0573. The third-order valence-electron chi connectivity index (χ3n) is 3.72. The number of nitrogens with zero attached hydrogens (tertiary/aromatic N) is 2. The van der Waals surface area contributed by atoms with E-state index in [1.165, 1.54) is 0 Å². The molecule has 20 heavy (non-hydrogen) atoms. The molecule has 1 aliphatic rings. The van der Waals surface area contributed by atoms with Crippen LogP contribution in [0.1, 0.15) is 32.8 Å². The number of aromatic nitrogens is 1. The lowest BCUT2D eigenvalue weighted by atomic mass is 9.98. The van der Waals surface area contributed by atoms with Crippen LogP contribution in [0.2, 0.25) is 0 Å². The van der Waals surface area contributed by atoms with Crippen molar-refractivity contribution in [3.8, 4) is 0 Å². The lowest BCUT2D eigenvalue weighted by molar-refractivity contribution is -0.126. The van der Waals surface area contributed by atoms with Crippen LogP contribution in [-0.4, -0.2) is 36.1 Å². The molecule has 0 bridgehead atoms. The number of nitrogens with one attached hydrogen (secondary N) is 2. The Kier molecular flexibility index (Phi) is 4.60. The van der Waals surface area contributed by atoms with Crippen LogP contribution >= 0.6 is 0 Å². The van der Waals surface area contributed by atoms with Gasteiger partial charge in [0.05, 0.1) is 0 Å². The third-order valence-corrected chi connectivity index (χ3v) is 3.72. The van der Waals surface area contributed by atoms with Crippen LogP contribution in [-0.2, 0) is 11.3 Å². The van der Waals surface area contributed by atoms with Crippen LogP contribution in [0.3, 0.4) is 0 Å². The van der Waals surface area contributed by atoms with E-state index >= 15 is 0 Å². The van der Waals surface area contributed by atoms with Crippen molar-refractivity contribution in [1.82, 2.24) is 15.6 Å². The van der Waals surface area contributed by atoms with Gasteiger partial charge in [0.15, 0.2) is 0 Å². The number of anilines is 1. The average molecular weight is 276 g/mol. The van der Waals surface area contributed by atoms with Crippen LogP contribution in [0.15, 0.2) is 18.3 Å². The summed E-state index contributed by atoms with van der Waals surface area (Å²) in [6.07, 6.45) is 2.90. The van der Waals surface area contributed by atoms with Gasteiger partial charge in [0, 0.05) is 31.4 Å². The maximum Gasteiger partial charge on any atom is 0.245 e. The van der Waals surface area contributed by atoms with Crippen molar-refractivity contribution in [3.63, 3.8) is 0 Å². The molecule has 1 aromatic heterocycles. The van der Waals surface area contributed by atoms with Gasteiger partial charge < -0.3 is 15.5 Å². The zero-order valence-electron chi connectivity index (χ0n) is 12.6. The molecule has 2 rings (SSSR count). The first-order chi connectivity index (χ1) is 9.57. The second-order valence-electron chi connectivity index (χ2n) is 5.63. The number of rotatable bonds is 5. The van der Waals surface area contributed by atoms with Gasteiger partial charge in [-0.15, -0.1) is 0 Å². The summed E-state index contributed by atoms with van der Waals surface area (Å²) in [5.74, 6) is 0.970. The normalized spacial score (nSPS) is 17.9. The molecule has 0 aromatic carbocycles. The van der Waals surface area contributed by atoms with Gasteiger partial charge >= 0.3 is 0 Å². The number of pyridine rings is 1. The fourth-order valence-corrected chi connectivity index (χ4v) is 2.48. The van der Waals surface area contributed by atoms with Crippen LogP contribution < -0.4 is 15.5 Å². The second-order valence-corrected chi connectivity index (χ2v) is 5.63. The molecular formula is C15H24N4O. The number of amides is 1. The first-order valence-corrected chi connectivity index (χ1v) is 7.28. The fourth-order valence-electron chi connectivity index (χ4n) is 2.48. The summed E-state index contributed by atoms with van der Waals surface area (Å²) < 4.78 is 0. The molecule has 0 atom stereocenters. The Bertz CT molecular complexity index is 473. The number of carbonyl (C=O) groups excluding carboxylic acids is 1. The molecule has 110 valence electrons. The molecule has 1 aromatic rings. The maximum absolute atomic E-state index is 12.1. The van der Waals surface area contributed by atoms with Crippen molar-refractivity contribution in [3.05, 3.63) is 23.9 Å². The van der Waals surface area contributed by atoms with E-state index < -0.39 is 5.54 Å². The molecule has 1 fully saturated rings. The van der Waals surface area contributed by atoms with Crippen LogP contribution in [0, 0.1) is 0 Å². The molecule has 0 unspecified atom stereocenters.